The number of nitrogens with zero attached hydrogens (tertiary/aromatic N) is 1. The molecule has 1 heterocycles. The molecule has 0 bridgehead atoms. The van der Waals surface area contributed by atoms with Crippen LogP contribution in [0.25, 0.3) is 0 Å². The van der Waals surface area contributed by atoms with Crippen molar-refractivity contribution in [1.29, 1.82) is 0 Å². The Morgan fingerprint density at radius 3 is 2.57 bits per heavy atom. The molecule has 0 saturated heterocycles. The van der Waals surface area contributed by atoms with Crippen LogP contribution in [0.1, 0.15) is 16.1 Å². The fourth-order valence-electron chi connectivity index (χ4n) is 1.55. The van der Waals surface area contributed by atoms with Gasteiger partial charge in [-0.3, -0.25) is 10.1 Å². The Labute approximate surface area is 120 Å². The van der Waals surface area contributed by atoms with E-state index in [1.807, 2.05) is 0 Å². The van der Waals surface area contributed by atoms with Crippen molar-refractivity contribution in [3.05, 3.63) is 41.6 Å². The lowest BCUT2D eigenvalue weighted by Gasteiger charge is -2.06. The molecule has 1 N–H and O–H groups in total. The van der Waals surface area contributed by atoms with Gasteiger partial charge in [-0.25, -0.2) is 4.79 Å². The topological polar surface area (TPSA) is 90.7 Å². The van der Waals surface area contributed by atoms with Crippen LogP contribution >= 0.6 is 0 Å². The highest BCUT2D eigenvalue weighted by molar-refractivity contribution is 5.91. The summed E-state index contributed by atoms with van der Waals surface area (Å²) in [5, 5.41) is 6.15. The van der Waals surface area contributed by atoms with Crippen LogP contribution < -0.4 is 10.1 Å². The number of amides is 1. The van der Waals surface area contributed by atoms with Crippen molar-refractivity contribution in [2.75, 3.05) is 19.0 Å². The van der Waals surface area contributed by atoms with Crippen molar-refractivity contribution in [3.63, 3.8) is 0 Å². The van der Waals surface area contributed by atoms with Gasteiger partial charge in [0.05, 0.1) is 18.4 Å². The molecule has 7 nitrogen and oxygen atoms in total. The molecule has 110 valence electrons. The molecular weight excluding hydrogens is 276 g/mol. The fourth-order valence-corrected chi connectivity index (χ4v) is 1.55. The van der Waals surface area contributed by atoms with E-state index >= 15 is 0 Å². The lowest BCUT2D eigenvalue weighted by atomic mass is 10.2. The lowest BCUT2D eigenvalue weighted by Crippen LogP contribution is -2.19. The minimum atomic E-state index is -0.431. The van der Waals surface area contributed by atoms with Crippen molar-refractivity contribution < 1.29 is 23.6 Å². The van der Waals surface area contributed by atoms with Crippen molar-refractivity contribution in [2.45, 2.75) is 6.92 Å². The summed E-state index contributed by atoms with van der Waals surface area (Å²) in [6.07, 6.45) is 0. The summed E-state index contributed by atoms with van der Waals surface area (Å²) in [5.74, 6) is -0.0723. The highest BCUT2D eigenvalue weighted by Gasteiger charge is 2.08. The summed E-state index contributed by atoms with van der Waals surface area (Å²) in [6, 6.07) is 7.87. The van der Waals surface area contributed by atoms with Gasteiger partial charge in [0.25, 0.3) is 5.91 Å². The average molecular weight is 290 g/mol. The van der Waals surface area contributed by atoms with E-state index in [-0.39, 0.29) is 18.4 Å². The predicted octanol–water partition coefficient (Wildman–Crippen LogP) is 1.79. The van der Waals surface area contributed by atoms with Crippen molar-refractivity contribution >= 4 is 17.8 Å². The van der Waals surface area contributed by atoms with Crippen LogP contribution in [-0.4, -0.2) is 30.7 Å². The van der Waals surface area contributed by atoms with E-state index in [1.54, 1.807) is 37.3 Å². The first kappa shape index (κ1) is 14.6. The van der Waals surface area contributed by atoms with Crippen molar-refractivity contribution in [2.24, 2.45) is 0 Å². The minimum Gasteiger partial charge on any atom is -0.484 e. The molecule has 1 aromatic carbocycles. The number of aryl methyl sites for hydroxylation is 1. The molecule has 0 aliphatic heterocycles. The van der Waals surface area contributed by atoms with E-state index in [1.165, 1.54) is 7.11 Å². The summed E-state index contributed by atoms with van der Waals surface area (Å²) < 4.78 is 14.7. The van der Waals surface area contributed by atoms with Crippen LogP contribution in [0.3, 0.4) is 0 Å². The highest BCUT2D eigenvalue weighted by atomic mass is 16.5. The van der Waals surface area contributed by atoms with Gasteiger partial charge in [0.2, 0.25) is 5.88 Å². The summed E-state index contributed by atoms with van der Waals surface area (Å²) in [5.41, 5.74) is 1.08. The van der Waals surface area contributed by atoms with E-state index in [9.17, 15) is 9.59 Å². The first-order valence-corrected chi connectivity index (χ1v) is 6.13. The number of ether oxygens (including phenoxy) is 2. The molecular formula is C14H14N2O5. The van der Waals surface area contributed by atoms with Gasteiger partial charge in [0.1, 0.15) is 5.75 Å². The molecule has 1 aromatic heterocycles. The monoisotopic (exact) mass is 290 g/mol. The number of hydrogen-bond acceptors (Lipinski definition) is 6. The van der Waals surface area contributed by atoms with Gasteiger partial charge in [-0.2, -0.15) is 0 Å². The molecule has 2 rings (SSSR count). The van der Waals surface area contributed by atoms with Crippen LogP contribution in [-0.2, 0) is 9.53 Å². The number of esters is 1. The molecule has 21 heavy (non-hydrogen) atoms. The lowest BCUT2D eigenvalue weighted by molar-refractivity contribution is -0.118. The largest absolute Gasteiger partial charge is 0.484 e. The summed E-state index contributed by atoms with van der Waals surface area (Å²) in [6.45, 7) is 1.57. The van der Waals surface area contributed by atoms with Crippen LogP contribution in [0.5, 0.6) is 5.75 Å². The number of rotatable bonds is 5. The molecule has 0 fully saturated rings. The van der Waals surface area contributed by atoms with E-state index < -0.39 is 5.97 Å². The summed E-state index contributed by atoms with van der Waals surface area (Å²) in [7, 11) is 1.31. The molecule has 0 atom stereocenters. The Hall–Kier alpha value is -2.83. The zero-order valence-electron chi connectivity index (χ0n) is 11.6. The maximum atomic E-state index is 11.6. The number of aromatic nitrogens is 1. The maximum absolute atomic E-state index is 11.6. The third-order valence-electron chi connectivity index (χ3n) is 2.54. The van der Waals surface area contributed by atoms with Crippen LogP contribution in [0.2, 0.25) is 0 Å². The Bertz CT molecular complexity index is 633. The van der Waals surface area contributed by atoms with Crippen LogP contribution in [0.4, 0.5) is 5.88 Å². The number of benzene rings is 1. The molecule has 2 aromatic rings. The summed E-state index contributed by atoms with van der Waals surface area (Å²) >= 11 is 0. The number of anilines is 1. The average Bonchev–Trinajstić information content (AvgIpc) is 2.90. The van der Waals surface area contributed by atoms with Gasteiger partial charge in [-0.1, -0.05) is 5.16 Å². The van der Waals surface area contributed by atoms with Gasteiger partial charge in [0.15, 0.2) is 6.61 Å². The smallest absolute Gasteiger partial charge is 0.337 e. The normalized spacial score (nSPS) is 10.0. The second kappa shape index (κ2) is 6.56. The third-order valence-corrected chi connectivity index (χ3v) is 2.54. The van der Waals surface area contributed by atoms with Gasteiger partial charge in [-0.15, -0.1) is 0 Å². The third kappa shape index (κ3) is 4.07. The Balaban J connectivity index is 1.85. The standard InChI is InChI=1S/C14H14N2O5/c1-9-7-13(21-16-9)15-12(17)8-20-11-5-3-10(4-6-11)14(18)19-2/h3-7H,8H2,1-2H3,(H,15,17). The van der Waals surface area contributed by atoms with Crippen molar-refractivity contribution in [3.8, 4) is 5.75 Å². The molecule has 0 aliphatic carbocycles. The van der Waals surface area contributed by atoms with E-state index in [0.29, 0.717) is 17.0 Å². The maximum Gasteiger partial charge on any atom is 0.337 e. The van der Waals surface area contributed by atoms with Gasteiger partial charge in [-0.05, 0) is 31.2 Å². The second-order valence-corrected chi connectivity index (χ2v) is 4.19. The zero-order valence-corrected chi connectivity index (χ0v) is 11.6. The highest BCUT2D eigenvalue weighted by Crippen LogP contribution is 2.13. The van der Waals surface area contributed by atoms with Crippen molar-refractivity contribution in [1.82, 2.24) is 5.16 Å². The molecule has 0 spiro atoms. The van der Waals surface area contributed by atoms with Gasteiger partial charge in [0, 0.05) is 6.07 Å². The molecule has 0 saturated carbocycles. The number of nitrogens with one attached hydrogen (secondary N) is 1. The van der Waals surface area contributed by atoms with E-state index in [2.05, 4.69) is 15.2 Å². The van der Waals surface area contributed by atoms with Gasteiger partial charge >= 0.3 is 5.97 Å². The van der Waals surface area contributed by atoms with E-state index in [4.69, 9.17) is 9.26 Å². The van der Waals surface area contributed by atoms with Crippen LogP contribution in [0.15, 0.2) is 34.9 Å². The second-order valence-electron chi connectivity index (χ2n) is 4.19. The minimum absolute atomic E-state index is 0.183. The number of carbonyl (C=O) groups is 2. The zero-order chi connectivity index (χ0) is 15.2. The first-order chi connectivity index (χ1) is 10.1. The molecule has 0 aliphatic rings. The number of carbonyl (C=O) groups excluding carboxylic acids is 2. The van der Waals surface area contributed by atoms with Gasteiger partial charge < -0.3 is 14.0 Å². The Kier molecular flexibility index (Phi) is 4.55. The first-order valence-electron chi connectivity index (χ1n) is 6.13. The molecule has 7 heteroatoms. The van der Waals surface area contributed by atoms with Crippen LogP contribution in [0, 0.1) is 6.92 Å². The Morgan fingerprint density at radius 2 is 2.00 bits per heavy atom. The van der Waals surface area contributed by atoms with E-state index in [0.717, 1.165) is 0 Å². The Morgan fingerprint density at radius 1 is 1.29 bits per heavy atom. The number of hydrogen-bond donors (Lipinski definition) is 1. The quantitative estimate of drug-likeness (QED) is 0.844. The predicted molar refractivity (Wildman–Crippen MR) is 73.1 cm³/mol. The molecule has 0 unspecified atom stereocenters. The summed E-state index contributed by atoms with van der Waals surface area (Å²) in [4.78, 5) is 22.9. The molecule has 0 radical (unpaired) electrons. The fraction of sp³-hybridized carbons (Fsp3) is 0.214. The SMILES string of the molecule is COC(=O)c1ccc(OCC(=O)Nc2cc(C)no2)cc1. The molecule has 1 amide bonds. The number of methoxy groups -OCH3 is 1.